The molecule has 1 aliphatic carbocycles. The van der Waals surface area contributed by atoms with Gasteiger partial charge < -0.3 is 10.5 Å². The van der Waals surface area contributed by atoms with Crippen LogP contribution in [0.15, 0.2) is 18.2 Å². The van der Waals surface area contributed by atoms with Crippen molar-refractivity contribution in [1.29, 1.82) is 0 Å². The third-order valence-corrected chi connectivity index (χ3v) is 6.16. The Bertz CT molecular complexity index is 898. The number of anilines is 1. The number of rotatable bonds is 4. The monoisotopic (exact) mass is 366 g/mol. The van der Waals surface area contributed by atoms with Crippen LogP contribution in [0.5, 0.6) is 0 Å². The number of nitrogen functional groups attached to an aromatic ring is 1. The summed E-state index contributed by atoms with van der Waals surface area (Å²) in [5.41, 5.74) is 6.72. The number of hydrogen-bond acceptors (Lipinski definition) is 6. The standard InChI is InChI=1S/C16H22N4O4S/c1-19(2)25(22,23)20-14-10-11(8-9-13(14)18-16(20)17)15(21)24-12-6-4-3-5-7-12/h8-10,12H,3-7H2,1-2H3,(H2,17,18). The molecule has 0 amide bonds. The second kappa shape index (κ2) is 6.64. The highest BCUT2D eigenvalue weighted by atomic mass is 32.2. The van der Waals surface area contributed by atoms with Crippen LogP contribution in [0, 0.1) is 0 Å². The molecule has 8 nitrogen and oxygen atoms in total. The zero-order valence-electron chi connectivity index (χ0n) is 14.3. The van der Waals surface area contributed by atoms with Crippen molar-refractivity contribution in [2.24, 2.45) is 0 Å². The molecule has 0 radical (unpaired) electrons. The van der Waals surface area contributed by atoms with Gasteiger partial charge in [0.05, 0.1) is 16.6 Å². The number of fused-ring (bicyclic) bond motifs is 1. The van der Waals surface area contributed by atoms with Crippen LogP contribution in [0.2, 0.25) is 0 Å². The van der Waals surface area contributed by atoms with Gasteiger partial charge in [0.15, 0.2) is 0 Å². The molecule has 0 bridgehead atoms. The molecule has 1 aromatic carbocycles. The average molecular weight is 366 g/mol. The van der Waals surface area contributed by atoms with Gasteiger partial charge in [-0.05, 0) is 43.9 Å². The summed E-state index contributed by atoms with van der Waals surface area (Å²) in [7, 11) is -1.04. The van der Waals surface area contributed by atoms with Gasteiger partial charge in [-0.25, -0.2) is 9.78 Å². The lowest BCUT2D eigenvalue weighted by Crippen LogP contribution is -2.29. The maximum absolute atomic E-state index is 12.5. The van der Waals surface area contributed by atoms with Crippen molar-refractivity contribution < 1.29 is 17.9 Å². The predicted octanol–water partition coefficient (Wildman–Crippen LogP) is 1.76. The molecule has 2 N–H and O–H groups in total. The van der Waals surface area contributed by atoms with Crippen molar-refractivity contribution in [3.05, 3.63) is 23.8 Å². The van der Waals surface area contributed by atoms with E-state index < -0.39 is 16.2 Å². The number of aromatic nitrogens is 2. The summed E-state index contributed by atoms with van der Waals surface area (Å²) < 4.78 is 32.5. The first-order chi connectivity index (χ1) is 11.8. The second-order valence-corrected chi connectivity index (χ2v) is 8.38. The summed E-state index contributed by atoms with van der Waals surface area (Å²) in [6.45, 7) is 0. The molecule has 1 saturated carbocycles. The summed E-state index contributed by atoms with van der Waals surface area (Å²) >= 11 is 0. The molecule has 2 aromatic rings. The molecule has 136 valence electrons. The normalized spacial score (nSPS) is 16.4. The molecular weight excluding hydrogens is 344 g/mol. The summed E-state index contributed by atoms with van der Waals surface area (Å²) in [5.74, 6) is -0.608. The molecule has 0 atom stereocenters. The van der Waals surface area contributed by atoms with E-state index in [1.54, 1.807) is 12.1 Å². The summed E-state index contributed by atoms with van der Waals surface area (Å²) in [6.07, 6.45) is 4.95. The lowest BCUT2D eigenvalue weighted by atomic mass is 9.98. The second-order valence-electron chi connectivity index (χ2n) is 6.39. The lowest BCUT2D eigenvalue weighted by Gasteiger charge is -2.21. The van der Waals surface area contributed by atoms with E-state index in [4.69, 9.17) is 10.5 Å². The van der Waals surface area contributed by atoms with Gasteiger partial charge in [-0.3, -0.25) is 0 Å². The zero-order chi connectivity index (χ0) is 18.2. The molecular formula is C16H22N4O4S. The Morgan fingerprint density at radius 1 is 1.28 bits per heavy atom. The molecule has 0 aliphatic heterocycles. The van der Waals surface area contributed by atoms with Gasteiger partial charge in [-0.15, -0.1) is 0 Å². The number of carbonyl (C=O) groups is 1. The number of esters is 1. The summed E-state index contributed by atoms with van der Waals surface area (Å²) in [6, 6.07) is 4.61. The maximum Gasteiger partial charge on any atom is 0.338 e. The van der Waals surface area contributed by atoms with E-state index >= 15 is 0 Å². The molecule has 0 unspecified atom stereocenters. The quantitative estimate of drug-likeness (QED) is 0.826. The SMILES string of the molecule is CN(C)S(=O)(=O)n1c(N)nc2ccc(C(=O)OC3CCCCC3)cc21. The molecule has 0 spiro atoms. The average Bonchev–Trinajstić information content (AvgIpc) is 2.91. The van der Waals surface area contributed by atoms with E-state index in [0.717, 1.165) is 34.0 Å². The highest BCUT2D eigenvalue weighted by Crippen LogP contribution is 2.25. The Morgan fingerprint density at radius 3 is 2.60 bits per heavy atom. The number of benzene rings is 1. The van der Waals surface area contributed by atoms with Crippen LogP contribution in [-0.4, -0.2) is 47.8 Å². The highest BCUT2D eigenvalue weighted by Gasteiger charge is 2.25. The molecule has 0 saturated heterocycles. The van der Waals surface area contributed by atoms with Crippen molar-refractivity contribution in [3.63, 3.8) is 0 Å². The van der Waals surface area contributed by atoms with Crippen LogP contribution in [0.1, 0.15) is 42.5 Å². The maximum atomic E-state index is 12.5. The van der Waals surface area contributed by atoms with Crippen molar-refractivity contribution >= 4 is 33.2 Å². The largest absolute Gasteiger partial charge is 0.459 e. The fraction of sp³-hybridized carbons (Fsp3) is 0.500. The molecule has 9 heteroatoms. The van der Waals surface area contributed by atoms with Crippen LogP contribution >= 0.6 is 0 Å². The van der Waals surface area contributed by atoms with Crippen molar-refractivity contribution in [2.75, 3.05) is 19.8 Å². The van der Waals surface area contributed by atoms with Gasteiger partial charge in [-0.1, -0.05) is 6.42 Å². The topological polar surface area (TPSA) is 108 Å². The Hall–Kier alpha value is -2.13. The minimum Gasteiger partial charge on any atom is -0.459 e. The van der Waals surface area contributed by atoms with Crippen LogP contribution in [0.4, 0.5) is 5.95 Å². The number of nitrogens with two attached hydrogens (primary N) is 1. The van der Waals surface area contributed by atoms with E-state index in [1.165, 1.54) is 26.6 Å². The first-order valence-electron chi connectivity index (χ1n) is 8.22. The molecule has 3 rings (SSSR count). The first-order valence-corrected chi connectivity index (χ1v) is 9.62. The molecule has 1 fully saturated rings. The fourth-order valence-electron chi connectivity index (χ4n) is 3.01. The van der Waals surface area contributed by atoms with Crippen LogP contribution in [0.25, 0.3) is 11.0 Å². The zero-order valence-corrected chi connectivity index (χ0v) is 15.1. The predicted molar refractivity (Wildman–Crippen MR) is 94.4 cm³/mol. The smallest absolute Gasteiger partial charge is 0.338 e. The summed E-state index contributed by atoms with van der Waals surface area (Å²) in [5, 5.41) is 0. The number of nitrogens with zero attached hydrogens (tertiary/aromatic N) is 3. The molecule has 1 aliphatic rings. The Kier molecular flexibility index (Phi) is 4.70. The number of carbonyl (C=O) groups excluding carboxylic acids is 1. The van der Waals surface area contributed by atoms with Crippen molar-refractivity contribution in [2.45, 2.75) is 38.2 Å². The van der Waals surface area contributed by atoms with Gasteiger partial charge in [0.25, 0.3) is 0 Å². The van der Waals surface area contributed by atoms with Crippen molar-refractivity contribution in [1.82, 2.24) is 13.3 Å². The van der Waals surface area contributed by atoms with Crippen LogP contribution in [0.3, 0.4) is 0 Å². The first kappa shape index (κ1) is 17.7. The Morgan fingerprint density at radius 2 is 1.96 bits per heavy atom. The fourth-order valence-corrected chi connectivity index (χ4v) is 4.01. The lowest BCUT2D eigenvalue weighted by molar-refractivity contribution is 0.0211. The van der Waals surface area contributed by atoms with E-state index in [1.807, 2.05) is 0 Å². The number of imidazole rings is 1. The molecule has 1 heterocycles. The van der Waals surface area contributed by atoms with Gasteiger partial charge in [0.1, 0.15) is 6.10 Å². The van der Waals surface area contributed by atoms with Gasteiger partial charge in [0.2, 0.25) is 5.95 Å². The Balaban J connectivity index is 1.97. The van der Waals surface area contributed by atoms with E-state index in [9.17, 15) is 13.2 Å². The van der Waals surface area contributed by atoms with E-state index in [0.29, 0.717) is 5.52 Å². The van der Waals surface area contributed by atoms with Gasteiger partial charge in [0, 0.05) is 14.1 Å². The summed E-state index contributed by atoms with van der Waals surface area (Å²) in [4.78, 5) is 16.5. The van der Waals surface area contributed by atoms with E-state index in [-0.39, 0.29) is 23.1 Å². The minimum absolute atomic E-state index is 0.0718. The van der Waals surface area contributed by atoms with Crippen LogP contribution < -0.4 is 5.73 Å². The highest BCUT2D eigenvalue weighted by molar-refractivity contribution is 7.87. The Labute approximate surface area is 146 Å². The van der Waals surface area contributed by atoms with Gasteiger partial charge in [-0.2, -0.15) is 16.7 Å². The number of hydrogen-bond donors (Lipinski definition) is 1. The third kappa shape index (κ3) is 3.34. The van der Waals surface area contributed by atoms with Crippen molar-refractivity contribution in [3.8, 4) is 0 Å². The third-order valence-electron chi connectivity index (χ3n) is 4.39. The molecule has 25 heavy (non-hydrogen) atoms. The molecule has 1 aromatic heterocycles. The van der Waals surface area contributed by atoms with Gasteiger partial charge >= 0.3 is 16.2 Å². The minimum atomic E-state index is -3.85. The van der Waals surface area contributed by atoms with Crippen LogP contribution in [-0.2, 0) is 14.9 Å². The number of ether oxygens (including phenoxy) is 1. The van der Waals surface area contributed by atoms with E-state index in [2.05, 4.69) is 4.98 Å².